The second-order valence-electron chi connectivity index (χ2n) is 4.51. The summed E-state index contributed by atoms with van der Waals surface area (Å²) in [6, 6.07) is 11.4. The van der Waals surface area contributed by atoms with Gasteiger partial charge in [0.2, 0.25) is 0 Å². The third-order valence-electron chi connectivity index (χ3n) is 2.89. The van der Waals surface area contributed by atoms with Crippen LogP contribution in [-0.2, 0) is 0 Å². The Morgan fingerprint density at radius 1 is 1.25 bits per heavy atom. The number of carbonyl (C=O) groups excluding carboxylic acids is 1. The van der Waals surface area contributed by atoms with Gasteiger partial charge < -0.3 is 5.32 Å². The van der Waals surface area contributed by atoms with Crippen LogP contribution in [-0.4, -0.2) is 10.9 Å². The second kappa shape index (κ2) is 5.34. The standard InChI is InChI=1S/C15H11BrN2OS/c1-9-4-10(6-11(16)5-9)15(19)18-12-2-3-13-14(7-12)20-8-17-13/h2-8H,1H3,(H,18,19). The number of thiazole rings is 1. The van der Waals surface area contributed by atoms with Crippen molar-refractivity contribution in [1.82, 2.24) is 4.98 Å². The molecule has 100 valence electrons. The lowest BCUT2D eigenvalue weighted by Gasteiger charge is -2.06. The van der Waals surface area contributed by atoms with Crippen molar-refractivity contribution in [2.45, 2.75) is 6.92 Å². The first kappa shape index (κ1) is 13.3. The van der Waals surface area contributed by atoms with E-state index in [0.29, 0.717) is 5.56 Å². The van der Waals surface area contributed by atoms with Crippen molar-refractivity contribution in [3.63, 3.8) is 0 Å². The fourth-order valence-corrected chi connectivity index (χ4v) is 3.33. The average Bonchev–Trinajstić information content (AvgIpc) is 2.85. The maximum Gasteiger partial charge on any atom is 0.255 e. The van der Waals surface area contributed by atoms with Gasteiger partial charge in [0.05, 0.1) is 15.7 Å². The van der Waals surface area contributed by atoms with E-state index in [0.717, 1.165) is 25.9 Å². The van der Waals surface area contributed by atoms with Crippen molar-refractivity contribution in [2.75, 3.05) is 5.32 Å². The molecule has 0 spiro atoms. The molecule has 3 aromatic rings. The topological polar surface area (TPSA) is 42.0 Å². The summed E-state index contributed by atoms with van der Waals surface area (Å²) in [5, 5.41) is 2.91. The molecule has 1 amide bonds. The number of fused-ring (bicyclic) bond motifs is 1. The van der Waals surface area contributed by atoms with Crippen molar-refractivity contribution >= 4 is 49.1 Å². The third-order valence-corrected chi connectivity index (χ3v) is 4.14. The van der Waals surface area contributed by atoms with E-state index in [-0.39, 0.29) is 5.91 Å². The summed E-state index contributed by atoms with van der Waals surface area (Å²) in [7, 11) is 0. The van der Waals surface area contributed by atoms with Crippen LogP contribution < -0.4 is 5.32 Å². The number of benzene rings is 2. The van der Waals surface area contributed by atoms with Gasteiger partial charge in [-0.25, -0.2) is 4.98 Å². The van der Waals surface area contributed by atoms with Gasteiger partial charge in [0.1, 0.15) is 0 Å². The molecule has 1 heterocycles. The van der Waals surface area contributed by atoms with E-state index in [4.69, 9.17) is 0 Å². The van der Waals surface area contributed by atoms with Crippen LogP contribution in [0, 0.1) is 6.92 Å². The summed E-state index contributed by atoms with van der Waals surface area (Å²) >= 11 is 4.97. The lowest BCUT2D eigenvalue weighted by Crippen LogP contribution is -2.12. The van der Waals surface area contributed by atoms with Crippen LogP contribution >= 0.6 is 27.3 Å². The number of carbonyl (C=O) groups is 1. The number of rotatable bonds is 2. The van der Waals surface area contributed by atoms with E-state index in [2.05, 4.69) is 26.2 Å². The Balaban J connectivity index is 1.87. The van der Waals surface area contributed by atoms with Gasteiger partial charge >= 0.3 is 0 Å². The highest BCUT2D eigenvalue weighted by Gasteiger charge is 2.08. The van der Waals surface area contributed by atoms with Gasteiger partial charge in [0.15, 0.2) is 0 Å². The highest BCUT2D eigenvalue weighted by molar-refractivity contribution is 9.10. The predicted molar refractivity (Wildman–Crippen MR) is 86.5 cm³/mol. The Bertz CT molecular complexity index is 777. The normalized spacial score (nSPS) is 10.7. The molecule has 0 aliphatic heterocycles. The van der Waals surface area contributed by atoms with Gasteiger partial charge in [-0.1, -0.05) is 15.9 Å². The average molecular weight is 347 g/mol. The number of hydrogen-bond acceptors (Lipinski definition) is 3. The van der Waals surface area contributed by atoms with Gasteiger partial charge in [-0.15, -0.1) is 11.3 Å². The number of amides is 1. The number of aromatic nitrogens is 1. The highest BCUT2D eigenvalue weighted by atomic mass is 79.9. The fourth-order valence-electron chi connectivity index (χ4n) is 2.00. The maximum atomic E-state index is 12.2. The molecule has 0 saturated heterocycles. The van der Waals surface area contributed by atoms with E-state index in [1.54, 1.807) is 16.8 Å². The van der Waals surface area contributed by atoms with Crippen molar-refractivity contribution in [2.24, 2.45) is 0 Å². The Hall–Kier alpha value is -1.72. The van der Waals surface area contributed by atoms with Gasteiger partial charge in [-0.2, -0.15) is 0 Å². The minimum atomic E-state index is -0.113. The molecule has 0 saturated carbocycles. The van der Waals surface area contributed by atoms with Crippen LogP contribution in [0.4, 0.5) is 5.69 Å². The zero-order valence-electron chi connectivity index (χ0n) is 10.7. The van der Waals surface area contributed by atoms with Gasteiger partial charge in [-0.05, 0) is 48.9 Å². The third kappa shape index (κ3) is 2.73. The molecule has 1 N–H and O–H groups in total. The van der Waals surface area contributed by atoms with Gasteiger partial charge in [-0.3, -0.25) is 4.79 Å². The van der Waals surface area contributed by atoms with Gasteiger partial charge in [0, 0.05) is 15.7 Å². The number of aryl methyl sites for hydroxylation is 1. The molecule has 0 aliphatic rings. The Labute approximate surface area is 128 Å². The number of halogens is 1. The Morgan fingerprint density at radius 3 is 2.90 bits per heavy atom. The van der Waals surface area contributed by atoms with E-state index in [1.807, 2.05) is 43.3 Å². The fraction of sp³-hybridized carbons (Fsp3) is 0.0667. The quantitative estimate of drug-likeness (QED) is 0.735. The number of hydrogen-bond donors (Lipinski definition) is 1. The monoisotopic (exact) mass is 346 g/mol. The smallest absolute Gasteiger partial charge is 0.255 e. The summed E-state index contributed by atoms with van der Waals surface area (Å²) in [4.78, 5) is 16.5. The molecule has 0 unspecified atom stereocenters. The molecule has 0 aliphatic carbocycles. The first-order valence-corrected chi connectivity index (χ1v) is 7.71. The molecular formula is C15H11BrN2OS. The molecule has 0 radical (unpaired) electrons. The lowest BCUT2D eigenvalue weighted by molar-refractivity contribution is 0.102. The first-order valence-electron chi connectivity index (χ1n) is 6.03. The van der Waals surface area contributed by atoms with Crippen LogP contribution in [0.25, 0.3) is 10.2 Å². The van der Waals surface area contributed by atoms with Crippen LogP contribution in [0.5, 0.6) is 0 Å². The summed E-state index contributed by atoms with van der Waals surface area (Å²) in [6.07, 6.45) is 0. The number of nitrogens with zero attached hydrogens (tertiary/aromatic N) is 1. The first-order chi connectivity index (χ1) is 9.61. The summed E-state index contributed by atoms with van der Waals surface area (Å²) in [5.74, 6) is -0.113. The molecule has 3 rings (SSSR count). The summed E-state index contributed by atoms with van der Waals surface area (Å²) < 4.78 is 1.97. The van der Waals surface area contributed by atoms with Crippen LogP contribution in [0.2, 0.25) is 0 Å². The number of anilines is 1. The van der Waals surface area contributed by atoms with Gasteiger partial charge in [0.25, 0.3) is 5.91 Å². The molecule has 2 aromatic carbocycles. The maximum absolute atomic E-state index is 12.2. The van der Waals surface area contributed by atoms with Crippen molar-refractivity contribution in [3.05, 3.63) is 57.5 Å². The Morgan fingerprint density at radius 2 is 2.10 bits per heavy atom. The minimum Gasteiger partial charge on any atom is -0.322 e. The van der Waals surface area contributed by atoms with Crippen molar-refractivity contribution < 1.29 is 4.79 Å². The molecule has 0 bridgehead atoms. The highest BCUT2D eigenvalue weighted by Crippen LogP contribution is 2.23. The number of nitrogens with one attached hydrogen (secondary N) is 1. The van der Waals surface area contributed by atoms with E-state index < -0.39 is 0 Å². The SMILES string of the molecule is Cc1cc(Br)cc(C(=O)Nc2ccc3ncsc3c2)c1. The molecule has 1 aromatic heterocycles. The van der Waals surface area contributed by atoms with E-state index in [9.17, 15) is 4.79 Å². The second-order valence-corrected chi connectivity index (χ2v) is 6.31. The van der Waals surface area contributed by atoms with Crippen LogP contribution in [0.1, 0.15) is 15.9 Å². The molecular weight excluding hydrogens is 336 g/mol. The van der Waals surface area contributed by atoms with Crippen molar-refractivity contribution in [1.29, 1.82) is 0 Å². The van der Waals surface area contributed by atoms with E-state index in [1.165, 1.54) is 0 Å². The molecule has 3 nitrogen and oxygen atoms in total. The predicted octanol–water partition coefficient (Wildman–Crippen LogP) is 4.62. The molecule has 5 heteroatoms. The zero-order valence-corrected chi connectivity index (χ0v) is 13.1. The summed E-state index contributed by atoms with van der Waals surface area (Å²) in [5.41, 5.74) is 5.22. The molecule has 0 fully saturated rings. The lowest BCUT2D eigenvalue weighted by atomic mass is 10.1. The molecule has 20 heavy (non-hydrogen) atoms. The largest absolute Gasteiger partial charge is 0.322 e. The summed E-state index contributed by atoms with van der Waals surface area (Å²) in [6.45, 7) is 1.96. The Kier molecular flexibility index (Phi) is 3.54. The van der Waals surface area contributed by atoms with Crippen LogP contribution in [0.15, 0.2) is 46.4 Å². The van der Waals surface area contributed by atoms with E-state index >= 15 is 0 Å². The zero-order chi connectivity index (χ0) is 14.1. The van der Waals surface area contributed by atoms with Crippen LogP contribution in [0.3, 0.4) is 0 Å². The van der Waals surface area contributed by atoms with Crippen molar-refractivity contribution in [3.8, 4) is 0 Å². The molecule has 0 atom stereocenters. The minimum absolute atomic E-state index is 0.113.